The van der Waals surface area contributed by atoms with Gasteiger partial charge in [0.25, 0.3) is 0 Å². The lowest BCUT2D eigenvalue weighted by molar-refractivity contribution is 1.32. The predicted molar refractivity (Wildman–Crippen MR) is 92.2 cm³/mol. The number of fused-ring (bicyclic) bond motifs is 3. The Morgan fingerprint density at radius 2 is 1.86 bits per heavy atom. The fraction of sp³-hybridized carbons (Fsp3) is 0. The largest absolute Gasteiger partial charge is 0.337 e. The van der Waals surface area contributed by atoms with Gasteiger partial charge in [0.05, 0.1) is 22.7 Å². The third-order valence-corrected chi connectivity index (χ3v) is 4.59. The minimum atomic E-state index is 0.842. The van der Waals surface area contributed by atoms with Crippen molar-refractivity contribution in [3.8, 4) is 11.4 Å². The molecule has 2 aromatic carbocycles. The van der Waals surface area contributed by atoms with Crippen molar-refractivity contribution >= 4 is 53.8 Å². The highest BCUT2D eigenvalue weighted by Crippen LogP contribution is 2.30. The van der Waals surface area contributed by atoms with Gasteiger partial charge in [-0.25, -0.2) is 4.98 Å². The number of aromatic nitrogens is 3. The Labute approximate surface area is 137 Å². The van der Waals surface area contributed by atoms with Crippen molar-refractivity contribution in [2.45, 2.75) is 0 Å². The van der Waals surface area contributed by atoms with Crippen LogP contribution in [-0.2, 0) is 0 Å². The second-order valence-corrected chi connectivity index (χ2v) is 6.52. The number of hydrogen-bond acceptors (Lipinski definition) is 2. The molecule has 0 saturated heterocycles. The van der Waals surface area contributed by atoms with Gasteiger partial charge in [-0.05, 0) is 24.3 Å². The van der Waals surface area contributed by atoms with Crippen LogP contribution in [0.5, 0.6) is 0 Å². The summed E-state index contributed by atoms with van der Waals surface area (Å²) in [4.78, 5) is 12.6. The number of H-pyrrole nitrogens is 1. The number of pyridine rings is 1. The number of halogens is 2. The summed E-state index contributed by atoms with van der Waals surface area (Å²) in [7, 11) is 0. The van der Waals surface area contributed by atoms with Gasteiger partial charge in [0.1, 0.15) is 5.82 Å². The molecular weight excluding hydrogens is 394 g/mol. The molecule has 102 valence electrons. The number of hydrogen-bond donors (Lipinski definition) is 1. The minimum absolute atomic E-state index is 0.842. The predicted octanol–water partition coefficient (Wildman–Crippen LogP) is 5.30. The van der Waals surface area contributed by atoms with Gasteiger partial charge in [-0.15, -0.1) is 0 Å². The smallest absolute Gasteiger partial charge is 0.139 e. The fourth-order valence-electron chi connectivity index (χ4n) is 2.41. The molecule has 0 aliphatic rings. The van der Waals surface area contributed by atoms with Crippen LogP contribution in [0.25, 0.3) is 33.3 Å². The summed E-state index contributed by atoms with van der Waals surface area (Å²) in [5.41, 5.74) is 3.86. The molecule has 4 rings (SSSR count). The van der Waals surface area contributed by atoms with Crippen LogP contribution in [0.1, 0.15) is 0 Å². The van der Waals surface area contributed by atoms with E-state index in [0.717, 1.165) is 42.3 Å². The van der Waals surface area contributed by atoms with Crippen molar-refractivity contribution in [1.29, 1.82) is 0 Å². The third kappa shape index (κ3) is 2.17. The topological polar surface area (TPSA) is 41.6 Å². The van der Waals surface area contributed by atoms with Crippen LogP contribution in [0, 0.1) is 0 Å². The van der Waals surface area contributed by atoms with Gasteiger partial charge in [-0.3, -0.25) is 4.98 Å². The molecule has 2 heterocycles. The lowest BCUT2D eigenvalue weighted by atomic mass is 10.2. The van der Waals surface area contributed by atoms with Crippen LogP contribution in [0.3, 0.4) is 0 Å². The van der Waals surface area contributed by atoms with Crippen LogP contribution in [0.2, 0.25) is 0 Å². The number of nitrogens with one attached hydrogen (secondary N) is 1. The first-order chi connectivity index (χ1) is 10.2. The molecule has 0 radical (unpaired) electrons. The Bertz CT molecular complexity index is 976. The second kappa shape index (κ2) is 4.93. The fourth-order valence-corrected chi connectivity index (χ4v) is 3.23. The maximum absolute atomic E-state index is 4.76. The average molecular weight is 403 g/mol. The first-order valence-electron chi connectivity index (χ1n) is 6.41. The molecule has 5 heteroatoms. The number of imidazole rings is 1. The molecule has 4 aromatic rings. The lowest BCUT2D eigenvalue weighted by Gasteiger charge is -1.98. The van der Waals surface area contributed by atoms with Crippen molar-refractivity contribution in [2.24, 2.45) is 0 Å². The molecule has 0 aliphatic heterocycles. The average Bonchev–Trinajstić information content (AvgIpc) is 2.91. The zero-order valence-corrected chi connectivity index (χ0v) is 13.9. The van der Waals surface area contributed by atoms with E-state index in [1.165, 1.54) is 0 Å². The molecule has 0 unspecified atom stereocenters. The van der Waals surface area contributed by atoms with Gasteiger partial charge in [0.2, 0.25) is 0 Å². The Morgan fingerprint density at radius 1 is 1.00 bits per heavy atom. The van der Waals surface area contributed by atoms with Gasteiger partial charge >= 0.3 is 0 Å². The van der Waals surface area contributed by atoms with Crippen LogP contribution in [-0.4, -0.2) is 15.0 Å². The van der Waals surface area contributed by atoms with E-state index < -0.39 is 0 Å². The van der Waals surface area contributed by atoms with E-state index in [1.807, 2.05) is 48.7 Å². The first kappa shape index (κ1) is 13.0. The quantitative estimate of drug-likeness (QED) is 0.469. The molecule has 0 spiro atoms. The maximum Gasteiger partial charge on any atom is 0.139 e. The van der Waals surface area contributed by atoms with Gasteiger partial charge < -0.3 is 4.98 Å². The molecular formula is C16H9Br2N3. The van der Waals surface area contributed by atoms with Crippen LogP contribution in [0.15, 0.2) is 57.6 Å². The molecule has 0 aliphatic carbocycles. The van der Waals surface area contributed by atoms with Gasteiger partial charge in [0.15, 0.2) is 0 Å². The summed E-state index contributed by atoms with van der Waals surface area (Å²) in [5, 5.41) is 1.05. The molecule has 0 atom stereocenters. The minimum Gasteiger partial charge on any atom is -0.337 e. The van der Waals surface area contributed by atoms with Crippen molar-refractivity contribution < 1.29 is 0 Å². The number of benzene rings is 2. The second-order valence-electron chi connectivity index (χ2n) is 4.75. The summed E-state index contributed by atoms with van der Waals surface area (Å²) in [6.07, 6.45) is 1.83. The van der Waals surface area contributed by atoms with Crippen molar-refractivity contribution in [1.82, 2.24) is 15.0 Å². The van der Waals surface area contributed by atoms with Crippen molar-refractivity contribution in [3.63, 3.8) is 0 Å². The summed E-state index contributed by atoms with van der Waals surface area (Å²) in [5.74, 6) is 0.842. The molecule has 0 bridgehead atoms. The number of nitrogens with zero attached hydrogens (tertiary/aromatic N) is 2. The van der Waals surface area contributed by atoms with Crippen molar-refractivity contribution in [2.75, 3.05) is 0 Å². The highest BCUT2D eigenvalue weighted by Gasteiger charge is 2.11. The van der Waals surface area contributed by atoms with Crippen LogP contribution < -0.4 is 0 Å². The van der Waals surface area contributed by atoms with E-state index in [2.05, 4.69) is 41.8 Å². The zero-order valence-electron chi connectivity index (χ0n) is 10.8. The monoisotopic (exact) mass is 401 g/mol. The molecule has 2 aromatic heterocycles. The van der Waals surface area contributed by atoms with E-state index in [4.69, 9.17) is 4.98 Å². The molecule has 0 saturated carbocycles. The standard InChI is InChI=1S/C16H9Br2N3/c17-9-5-6-11-13(7-9)19-8-14-15(11)21-16(20-14)10-3-1-2-4-12(10)18/h1-8H,(H,20,21). The van der Waals surface area contributed by atoms with E-state index in [9.17, 15) is 0 Å². The van der Waals surface area contributed by atoms with Gasteiger partial charge in [-0.2, -0.15) is 0 Å². The van der Waals surface area contributed by atoms with Gasteiger partial charge in [0, 0.05) is 19.9 Å². The number of aromatic amines is 1. The summed E-state index contributed by atoms with van der Waals surface area (Å²) in [6, 6.07) is 14.1. The summed E-state index contributed by atoms with van der Waals surface area (Å²) >= 11 is 7.04. The zero-order chi connectivity index (χ0) is 14.4. The first-order valence-corrected chi connectivity index (χ1v) is 8.00. The lowest BCUT2D eigenvalue weighted by Crippen LogP contribution is -1.81. The Balaban J connectivity index is 2.02. The highest BCUT2D eigenvalue weighted by atomic mass is 79.9. The van der Waals surface area contributed by atoms with Crippen LogP contribution in [0.4, 0.5) is 0 Å². The Kier molecular flexibility index (Phi) is 3.05. The molecule has 0 fully saturated rings. The SMILES string of the molecule is Brc1ccc2c(c1)ncc1[nH]c(-c3ccccc3Br)nc12. The van der Waals surface area contributed by atoms with E-state index in [0.29, 0.717) is 0 Å². The van der Waals surface area contributed by atoms with Crippen molar-refractivity contribution in [3.05, 3.63) is 57.6 Å². The van der Waals surface area contributed by atoms with Crippen LogP contribution >= 0.6 is 31.9 Å². The number of rotatable bonds is 1. The summed E-state index contributed by atoms with van der Waals surface area (Å²) < 4.78 is 2.03. The normalized spacial score (nSPS) is 11.3. The van der Waals surface area contributed by atoms with E-state index in [1.54, 1.807) is 0 Å². The Morgan fingerprint density at radius 3 is 2.71 bits per heavy atom. The summed E-state index contributed by atoms with van der Waals surface area (Å²) in [6.45, 7) is 0. The van der Waals surface area contributed by atoms with E-state index in [-0.39, 0.29) is 0 Å². The maximum atomic E-state index is 4.76. The highest BCUT2D eigenvalue weighted by molar-refractivity contribution is 9.10. The molecule has 21 heavy (non-hydrogen) atoms. The molecule has 3 nitrogen and oxygen atoms in total. The van der Waals surface area contributed by atoms with E-state index >= 15 is 0 Å². The third-order valence-electron chi connectivity index (χ3n) is 3.41. The molecule has 1 N–H and O–H groups in total. The Hall–Kier alpha value is -1.72. The van der Waals surface area contributed by atoms with Gasteiger partial charge in [-0.1, -0.05) is 50.1 Å². The molecule has 0 amide bonds.